The number of nitrogens with one attached hydrogen (secondary N) is 1. The molecular weight excluding hydrogens is 605 g/mol. The molecule has 0 bridgehead atoms. The lowest BCUT2D eigenvalue weighted by molar-refractivity contribution is -0.111. The molecule has 2 heterocycles. The van der Waals surface area contributed by atoms with Crippen molar-refractivity contribution in [2.24, 2.45) is 5.92 Å². The molecule has 6 nitrogen and oxygen atoms in total. The van der Waals surface area contributed by atoms with Gasteiger partial charge in [-0.3, -0.25) is 4.79 Å². The Hall–Kier alpha value is -3.36. The van der Waals surface area contributed by atoms with Crippen LogP contribution < -0.4 is 5.32 Å². The van der Waals surface area contributed by atoms with Gasteiger partial charge in [0.1, 0.15) is 22.9 Å². The fraction of sp³-hybridized carbons (Fsp3) is 0.425. The van der Waals surface area contributed by atoms with E-state index in [1.165, 1.54) is 29.3 Å². The van der Waals surface area contributed by atoms with Crippen molar-refractivity contribution in [3.63, 3.8) is 0 Å². The Kier molecular flexibility index (Phi) is 10.9. The number of fused-ring (bicyclic) bond motifs is 1. The number of hydrogen-bond acceptors (Lipinski definition) is 7. The lowest BCUT2D eigenvalue weighted by atomic mass is 9.72. The second kappa shape index (κ2) is 15.2. The van der Waals surface area contributed by atoms with Gasteiger partial charge in [0, 0.05) is 30.0 Å². The van der Waals surface area contributed by atoms with Crippen molar-refractivity contribution in [2.45, 2.75) is 81.2 Å². The summed E-state index contributed by atoms with van der Waals surface area (Å²) in [5.41, 5.74) is 4.34. The standard InChI is InChI=1S/C40H48N2O4S/c1-28-37-35(43)19-17-31(38(37)47-39(28)44)22-25-41-24-21-29-13-15-30(16-14-29)27-42(2)26-23-34-18-20-36(46-34)40(45,32-9-5-3-6-10-32)33-11-7-4-8-12-33/h3,5-6,9-10,13-20,28,33,41,43,45H,4,7-8,11-12,21-27H2,1-2H3. The summed E-state index contributed by atoms with van der Waals surface area (Å²) >= 11 is 1.27. The lowest BCUT2D eigenvalue weighted by Crippen LogP contribution is -2.37. The molecule has 248 valence electrons. The topological polar surface area (TPSA) is 85.9 Å². The number of phenols is 1. The summed E-state index contributed by atoms with van der Waals surface area (Å²) in [6.45, 7) is 5.30. The van der Waals surface area contributed by atoms with E-state index >= 15 is 0 Å². The summed E-state index contributed by atoms with van der Waals surface area (Å²) in [5.74, 6) is 1.74. The number of benzene rings is 3. The SMILES string of the molecule is CC1C(=O)Sc2c(CCNCCc3ccc(CN(C)CCc4ccc(C(O)(c5ccccc5)C5CCCCC5)o4)cc3)ccc(O)c21. The minimum absolute atomic E-state index is 0.110. The van der Waals surface area contributed by atoms with Crippen LogP contribution in [0.5, 0.6) is 5.75 Å². The van der Waals surface area contributed by atoms with E-state index in [2.05, 4.69) is 41.5 Å². The van der Waals surface area contributed by atoms with Gasteiger partial charge in [-0.1, -0.05) is 98.6 Å². The molecule has 7 heteroatoms. The summed E-state index contributed by atoms with van der Waals surface area (Å²) in [6, 6.07) is 26.6. The average Bonchev–Trinajstić information content (AvgIpc) is 3.70. The Morgan fingerprint density at radius 1 is 0.894 bits per heavy atom. The van der Waals surface area contributed by atoms with Crippen molar-refractivity contribution in [3.8, 4) is 5.75 Å². The van der Waals surface area contributed by atoms with Crippen molar-refractivity contribution in [1.29, 1.82) is 0 Å². The number of carbonyl (C=O) groups excluding carboxylic acids is 1. The zero-order valence-electron chi connectivity index (χ0n) is 27.7. The highest BCUT2D eigenvalue weighted by Crippen LogP contribution is 2.47. The number of carbonyl (C=O) groups is 1. The minimum Gasteiger partial charge on any atom is -0.508 e. The molecule has 0 spiro atoms. The summed E-state index contributed by atoms with van der Waals surface area (Å²) in [5, 5.41) is 26.0. The molecular formula is C40H48N2O4S. The van der Waals surface area contributed by atoms with Gasteiger partial charge in [-0.25, -0.2) is 0 Å². The Balaban J connectivity index is 0.952. The van der Waals surface area contributed by atoms with Crippen molar-refractivity contribution in [1.82, 2.24) is 10.2 Å². The van der Waals surface area contributed by atoms with Crippen LogP contribution in [0.15, 0.2) is 88.2 Å². The van der Waals surface area contributed by atoms with Crippen LogP contribution in [0.3, 0.4) is 0 Å². The molecule has 47 heavy (non-hydrogen) atoms. The Bertz CT molecular complexity index is 1630. The van der Waals surface area contributed by atoms with E-state index in [0.717, 1.165) is 98.5 Å². The first-order valence-electron chi connectivity index (χ1n) is 17.2. The number of phenolic OH excluding ortho intramolecular Hbond substituents is 1. The molecule has 1 fully saturated rings. The first-order valence-corrected chi connectivity index (χ1v) is 18.0. The number of furan rings is 1. The number of aliphatic hydroxyl groups is 1. The molecule has 1 saturated carbocycles. The minimum atomic E-state index is -1.09. The number of aromatic hydroxyl groups is 1. The van der Waals surface area contributed by atoms with Crippen LogP contribution in [0.4, 0.5) is 0 Å². The molecule has 2 atom stereocenters. The third-order valence-electron chi connectivity index (χ3n) is 10.1. The van der Waals surface area contributed by atoms with Crippen LogP contribution >= 0.6 is 11.8 Å². The molecule has 1 aliphatic heterocycles. The molecule has 2 aliphatic rings. The number of rotatable bonds is 14. The Morgan fingerprint density at radius 2 is 1.62 bits per heavy atom. The maximum atomic E-state index is 12.2. The number of nitrogens with zero attached hydrogens (tertiary/aromatic N) is 1. The molecule has 3 N–H and O–H groups in total. The molecule has 4 aromatic rings. The van der Waals surface area contributed by atoms with Gasteiger partial charge in [0.25, 0.3) is 0 Å². The van der Waals surface area contributed by atoms with E-state index in [1.807, 2.05) is 55.5 Å². The van der Waals surface area contributed by atoms with Gasteiger partial charge in [-0.15, -0.1) is 0 Å². The molecule has 0 radical (unpaired) electrons. The van der Waals surface area contributed by atoms with E-state index in [1.54, 1.807) is 6.07 Å². The zero-order chi connectivity index (χ0) is 32.8. The third-order valence-corrected chi connectivity index (χ3v) is 11.3. The summed E-state index contributed by atoms with van der Waals surface area (Å²) in [6.07, 6.45) is 8.16. The van der Waals surface area contributed by atoms with Crippen LogP contribution in [-0.2, 0) is 36.2 Å². The first-order chi connectivity index (χ1) is 22.8. The fourth-order valence-corrected chi connectivity index (χ4v) is 8.46. The van der Waals surface area contributed by atoms with Crippen molar-refractivity contribution < 1.29 is 19.4 Å². The fourth-order valence-electron chi connectivity index (χ4n) is 7.27. The summed E-state index contributed by atoms with van der Waals surface area (Å²) < 4.78 is 6.38. The van der Waals surface area contributed by atoms with Crippen molar-refractivity contribution >= 4 is 16.9 Å². The summed E-state index contributed by atoms with van der Waals surface area (Å²) in [4.78, 5) is 15.4. The number of hydrogen-bond donors (Lipinski definition) is 3. The van der Waals surface area contributed by atoms with Crippen molar-refractivity contribution in [2.75, 3.05) is 26.7 Å². The highest BCUT2D eigenvalue weighted by molar-refractivity contribution is 8.14. The Morgan fingerprint density at radius 3 is 2.38 bits per heavy atom. The maximum absolute atomic E-state index is 12.2. The van der Waals surface area contributed by atoms with Crippen LogP contribution in [0.25, 0.3) is 0 Å². The van der Waals surface area contributed by atoms with Crippen LogP contribution in [0.1, 0.15) is 84.3 Å². The average molecular weight is 653 g/mol. The molecule has 3 aromatic carbocycles. The quantitative estimate of drug-likeness (QED) is 0.121. The maximum Gasteiger partial charge on any atom is 0.201 e. The molecule has 1 aliphatic carbocycles. The number of likely N-dealkylation sites (N-methyl/N-ethyl adjacent to an activating group) is 1. The Labute approximate surface area is 283 Å². The lowest BCUT2D eigenvalue weighted by Gasteiger charge is -2.37. The predicted molar refractivity (Wildman–Crippen MR) is 189 cm³/mol. The third kappa shape index (κ3) is 7.70. The second-order valence-corrected chi connectivity index (χ2v) is 14.4. The number of thioether (sulfide) groups is 1. The van der Waals surface area contributed by atoms with Crippen LogP contribution in [0.2, 0.25) is 0 Å². The smallest absolute Gasteiger partial charge is 0.201 e. The molecule has 1 aromatic heterocycles. The highest BCUT2D eigenvalue weighted by atomic mass is 32.2. The van der Waals surface area contributed by atoms with Gasteiger partial charge in [-0.2, -0.15) is 0 Å². The zero-order valence-corrected chi connectivity index (χ0v) is 28.5. The van der Waals surface area contributed by atoms with Gasteiger partial charge in [0.2, 0.25) is 5.12 Å². The van der Waals surface area contributed by atoms with Gasteiger partial charge in [0.05, 0.1) is 5.92 Å². The van der Waals surface area contributed by atoms with E-state index in [4.69, 9.17) is 4.42 Å². The predicted octanol–water partition coefficient (Wildman–Crippen LogP) is 7.59. The van der Waals surface area contributed by atoms with E-state index in [9.17, 15) is 15.0 Å². The van der Waals surface area contributed by atoms with Gasteiger partial charge in [-0.05, 0) is 92.2 Å². The van der Waals surface area contributed by atoms with Crippen LogP contribution in [0, 0.1) is 5.92 Å². The summed E-state index contributed by atoms with van der Waals surface area (Å²) in [7, 11) is 2.14. The normalized spacial score (nSPS) is 18.0. The van der Waals surface area contributed by atoms with Crippen molar-refractivity contribution in [3.05, 3.63) is 118 Å². The molecule has 2 unspecified atom stereocenters. The monoisotopic (exact) mass is 652 g/mol. The largest absolute Gasteiger partial charge is 0.508 e. The molecule has 6 rings (SSSR count). The highest BCUT2D eigenvalue weighted by Gasteiger charge is 2.43. The first kappa shape index (κ1) is 33.5. The van der Waals surface area contributed by atoms with Gasteiger partial charge >= 0.3 is 0 Å². The van der Waals surface area contributed by atoms with E-state index in [0.29, 0.717) is 5.76 Å². The molecule has 0 saturated heterocycles. The van der Waals surface area contributed by atoms with Gasteiger partial charge < -0.3 is 24.8 Å². The van der Waals surface area contributed by atoms with Gasteiger partial charge in [0.15, 0.2) is 0 Å². The molecule has 0 amide bonds. The second-order valence-electron chi connectivity index (χ2n) is 13.4. The van der Waals surface area contributed by atoms with E-state index in [-0.39, 0.29) is 22.7 Å². The van der Waals surface area contributed by atoms with E-state index < -0.39 is 5.60 Å². The van der Waals surface area contributed by atoms with Crippen LogP contribution in [-0.4, -0.2) is 46.9 Å².